The molecule has 1 atom stereocenters. The van der Waals surface area contributed by atoms with Crippen molar-refractivity contribution in [2.75, 3.05) is 33.7 Å². The van der Waals surface area contributed by atoms with Gasteiger partial charge >= 0.3 is 0 Å². The van der Waals surface area contributed by atoms with Gasteiger partial charge in [0.05, 0.1) is 0 Å². The van der Waals surface area contributed by atoms with Gasteiger partial charge in [0.2, 0.25) is 5.91 Å². The van der Waals surface area contributed by atoms with E-state index in [0.29, 0.717) is 11.8 Å². The molecule has 1 aliphatic carbocycles. The van der Waals surface area contributed by atoms with Gasteiger partial charge in [0.25, 0.3) is 0 Å². The molecular formula is C20H34N4O. The maximum Gasteiger partial charge on any atom is 0.225 e. The van der Waals surface area contributed by atoms with Gasteiger partial charge in [-0.05, 0) is 52.7 Å². The summed E-state index contributed by atoms with van der Waals surface area (Å²) in [6.45, 7) is 3.91. The number of hydrogen-bond acceptors (Lipinski definition) is 3. The minimum atomic E-state index is 0.285. The molecule has 0 spiro atoms. The summed E-state index contributed by atoms with van der Waals surface area (Å²) in [7, 11) is 4.23. The second-order valence-electron chi connectivity index (χ2n) is 8.09. The quantitative estimate of drug-likeness (QED) is 0.795. The van der Waals surface area contributed by atoms with E-state index in [2.05, 4.69) is 39.6 Å². The van der Waals surface area contributed by atoms with Crippen molar-refractivity contribution in [2.24, 2.45) is 5.92 Å². The van der Waals surface area contributed by atoms with Crippen LogP contribution in [0, 0.1) is 5.92 Å². The number of nitrogens with zero attached hydrogens (tertiary/aromatic N) is 4. The molecule has 1 saturated carbocycles. The Labute approximate surface area is 152 Å². The van der Waals surface area contributed by atoms with Gasteiger partial charge < -0.3 is 14.4 Å². The summed E-state index contributed by atoms with van der Waals surface area (Å²) in [5.41, 5.74) is 0. The standard InChI is InChI=1S/C20H34N4O/c1-22(2)12-7-14-23-15-11-21-19(23)18-10-6-13-24(16-18)20(25)17-8-4-3-5-9-17/h11,15,17-18H,3-10,12-14,16H2,1-2H3/t18-/m1/s1. The molecule has 1 aromatic rings. The zero-order chi connectivity index (χ0) is 17.6. The molecule has 2 aliphatic rings. The van der Waals surface area contributed by atoms with Crippen LogP contribution in [0.3, 0.4) is 0 Å². The van der Waals surface area contributed by atoms with Gasteiger partial charge in [0, 0.05) is 43.9 Å². The Morgan fingerprint density at radius 3 is 2.76 bits per heavy atom. The van der Waals surface area contributed by atoms with E-state index in [1.807, 2.05) is 6.20 Å². The van der Waals surface area contributed by atoms with Crippen LogP contribution in [0.2, 0.25) is 0 Å². The summed E-state index contributed by atoms with van der Waals surface area (Å²) in [5.74, 6) is 2.28. The fourth-order valence-electron chi connectivity index (χ4n) is 4.42. The Hall–Kier alpha value is -1.36. The van der Waals surface area contributed by atoms with Crippen molar-refractivity contribution in [3.05, 3.63) is 18.2 Å². The molecule has 0 aromatic carbocycles. The lowest BCUT2D eigenvalue weighted by molar-refractivity contribution is -0.137. The predicted molar refractivity (Wildman–Crippen MR) is 101 cm³/mol. The van der Waals surface area contributed by atoms with E-state index >= 15 is 0 Å². The molecule has 1 aromatic heterocycles. The van der Waals surface area contributed by atoms with Crippen LogP contribution >= 0.6 is 0 Å². The minimum Gasteiger partial charge on any atom is -0.342 e. The highest BCUT2D eigenvalue weighted by Crippen LogP contribution is 2.30. The fraction of sp³-hybridized carbons (Fsp3) is 0.800. The molecule has 1 saturated heterocycles. The van der Waals surface area contributed by atoms with Crippen LogP contribution in [-0.2, 0) is 11.3 Å². The summed E-state index contributed by atoms with van der Waals surface area (Å²) in [6.07, 6.45) is 13.4. The SMILES string of the molecule is CN(C)CCCn1ccnc1[C@@H]1CCCN(C(=O)C2CCCCC2)C1. The van der Waals surface area contributed by atoms with Crippen LogP contribution in [0.4, 0.5) is 0 Å². The summed E-state index contributed by atoms with van der Waals surface area (Å²) in [6, 6.07) is 0. The van der Waals surface area contributed by atoms with E-state index in [4.69, 9.17) is 0 Å². The van der Waals surface area contributed by atoms with Gasteiger partial charge in [-0.15, -0.1) is 0 Å². The van der Waals surface area contributed by atoms with Gasteiger partial charge in [-0.2, -0.15) is 0 Å². The van der Waals surface area contributed by atoms with Crippen molar-refractivity contribution in [1.29, 1.82) is 0 Å². The zero-order valence-corrected chi connectivity index (χ0v) is 16.0. The largest absolute Gasteiger partial charge is 0.342 e. The molecule has 0 bridgehead atoms. The number of hydrogen-bond donors (Lipinski definition) is 0. The molecule has 5 heteroatoms. The van der Waals surface area contributed by atoms with Crippen LogP contribution < -0.4 is 0 Å². The molecule has 2 fully saturated rings. The third-order valence-corrected chi connectivity index (χ3v) is 5.80. The molecule has 3 rings (SSSR count). The second kappa shape index (κ2) is 8.84. The van der Waals surface area contributed by atoms with Crippen molar-refractivity contribution in [3.8, 4) is 0 Å². The third kappa shape index (κ3) is 4.84. The highest BCUT2D eigenvalue weighted by molar-refractivity contribution is 5.79. The molecule has 0 N–H and O–H groups in total. The summed E-state index contributed by atoms with van der Waals surface area (Å²) < 4.78 is 2.31. The van der Waals surface area contributed by atoms with Gasteiger partial charge in [-0.3, -0.25) is 4.79 Å². The zero-order valence-electron chi connectivity index (χ0n) is 16.0. The third-order valence-electron chi connectivity index (χ3n) is 5.80. The van der Waals surface area contributed by atoms with Crippen molar-refractivity contribution >= 4 is 5.91 Å². The monoisotopic (exact) mass is 346 g/mol. The van der Waals surface area contributed by atoms with Crippen molar-refractivity contribution < 1.29 is 4.79 Å². The van der Waals surface area contributed by atoms with E-state index in [0.717, 1.165) is 58.3 Å². The van der Waals surface area contributed by atoms with Crippen LogP contribution in [-0.4, -0.2) is 59.0 Å². The van der Waals surface area contributed by atoms with E-state index in [-0.39, 0.29) is 5.92 Å². The van der Waals surface area contributed by atoms with Gasteiger partial charge in [-0.1, -0.05) is 19.3 Å². The van der Waals surface area contributed by atoms with Crippen molar-refractivity contribution in [2.45, 2.75) is 63.8 Å². The summed E-state index contributed by atoms with van der Waals surface area (Å²) in [4.78, 5) is 21.9. The lowest BCUT2D eigenvalue weighted by Gasteiger charge is -2.35. The molecule has 1 amide bonds. The maximum absolute atomic E-state index is 12.9. The van der Waals surface area contributed by atoms with E-state index < -0.39 is 0 Å². The average Bonchev–Trinajstić information content (AvgIpc) is 3.10. The Bertz CT molecular complexity index is 548. The Balaban J connectivity index is 1.59. The van der Waals surface area contributed by atoms with Crippen LogP contribution in [0.15, 0.2) is 12.4 Å². The maximum atomic E-state index is 12.9. The first kappa shape index (κ1) is 18.4. The Morgan fingerprint density at radius 1 is 1.20 bits per heavy atom. The second-order valence-corrected chi connectivity index (χ2v) is 8.09. The highest BCUT2D eigenvalue weighted by Gasteiger charge is 2.31. The fourth-order valence-corrected chi connectivity index (χ4v) is 4.42. The lowest BCUT2D eigenvalue weighted by Crippen LogP contribution is -2.43. The predicted octanol–water partition coefficient (Wildman–Crippen LogP) is 3.12. The van der Waals surface area contributed by atoms with Crippen molar-refractivity contribution in [3.63, 3.8) is 0 Å². The van der Waals surface area contributed by atoms with Crippen LogP contribution in [0.5, 0.6) is 0 Å². The highest BCUT2D eigenvalue weighted by atomic mass is 16.2. The van der Waals surface area contributed by atoms with Gasteiger partial charge in [-0.25, -0.2) is 4.98 Å². The minimum absolute atomic E-state index is 0.285. The first-order valence-electron chi connectivity index (χ1n) is 10.1. The number of aryl methyl sites for hydroxylation is 1. The van der Waals surface area contributed by atoms with Crippen LogP contribution in [0.25, 0.3) is 0 Å². The molecule has 0 unspecified atom stereocenters. The number of piperidine rings is 1. The summed E-state index contributed by atoms with van der Waals surface area (Å²) >= 11 is 0. The van der Waals surface area contributed by atoms with E-state index in [9.17, 15) is 4.79 Å². The van der Waals surface area contributed by atoms with Gasteiger partial charge in [0.15, 0.2) is 0 Å². The number of carbonyl (C=O) groups excluding carboxylic acids is 1. The molecule has 0 radical (unpaired) electrons. The summed E-state index contributed by atoms with van der Waals surface area (Å²) in [5, 5.41) is 0. The number of carbonyl (C=O) groups is 1. The van der Waals surface area contributed by atoms with Gasteiger partial charge in [0.1, 0.15) is 5.82 Å². The first-order chi connectivity index (χ1) is 12.1. The molecule has 2 heterocycles. The molecule has 25 heavy (non-hydrogen) atoms. The molecule has 5 nitrogen and oxygen atoms in total. The first-order valence-corrected chi connectivity index (χ1v) is 10.1. The number of imidazole rings is 1. The lowest BCUT2D eigenvalue weighted by atomic mass is 9.87. The smallest absolute Gasteiger partial charge is 0.225 e. The van der Waals surface area contributed by atoms with E-state index in [1.165, 1.54) is 25.1 Å². The van der Waals surface area contributed by atoms with Crippen molar-refractivity contribution in [1.82, 2.24) is 19.4 Å². The normalized spacial score (nSPS) is 22.5. The number of likely N-dealkylation sites (tertiary alicyclic amines) is 1. The Morgan fingerprint density at radius 2 is 2.00 bits per heavy atom. The number of rotatable bonds is 6. The molecule has 140 valence electrons. The molecular weight excluding hydrogens is 312 g/mol. The molecule has 1 aliphatic heterocycles. The average molecular weight is 347 g/mol. The van der Waals surface area contributed by atoms with Crippen LogP contribution in [0.1, 0.15) is 63.1 Å². The number of aromatic nitrogens is 2. The number of amides is 1. The van der Waals surface area contributed by atoms with E-state index in [1.54, 1.807) is 0 Å². The topological polar surface area (TPSA) is 41.4 Å². The Kier molecular flexibility index (Phi) is 6.51.